The number of rotatable bonds is 12. The largest absolute Gasteiger partial charge is 0.383 e. The molecular weight excluding hydrogens is 212 g/mol. The van der Waals surface area contributed by atoms with Gasteiger partial charge in [-0.15, -0.1) is 0 Å². The summed E-state index contributed by atoms with van der Waals surface area (Å²) in [5, 5.41) is 3.49. The van der Waals surface area contributed by atoms with Gasteiger partial charge in [0, 0.05) is 13.7 Å². The van der Waals surface area contributed by atoms with Crippen LogP contribution >= 0.6 is 0 Å². The Labute approximate surface area is 108 Å². The molecule has 0 unspecified atom stereocenters. The molecule has 0 aliphatic heterocycles. The van der Waals surface area contributed by atoms with Crippen LogP contribution in [0.3, 0.4) is 0 Å². The number of hydrogen-bond acceptors (Lipinski definition) is 3. The van der Waals surface area contributed by atoms with E-state index in [1.807, 2.05) is 0 Å². The predicted molar refractivity (Wildman–Crippen MR) is 75.5 cm³/mol. The summed E-state index contributed by atoms with van der Waals surface area (Å²) < 4.78 is 5.10. The first-order chi connectivity index (χ1) is 8.20. The summed E-state index contributed by atoms with van der Waals surface area (Å²) in [5.74, 6) is 0.764. The van der Waals surface area contributed by atoms with Gasteiger partial charge in [-0.25, -0.2) is 0 Å². The normalized spacial score (nSPS) is 11.6. The molecule has 0 atom stereocenters. The first-order valence-electron chi connectivity index (χ1n) is 7.12. The molecule has 0 aromatic heterocycles. The van der Waals surface area contributed by atoms with Crippen LogP contribution < -0.4 is 5.32 Å². The molecule has 3 nitrogen and oxygen atoms in total. The van der Waals surface area contributed by atoms with Crippen molar-refractivity contribution in [2.75, 3.05) is 46.4 Å². The fourth-order valence-corrected chi connectivity index (χ4v) is 1.80. The molecule has 1 N–H and O–H groups in total. The van der Waals surface area contributed by atoms with E-state index in [0.29, 0.717) is 0 Å². The molecular formula is C14H32N2O. The van der Waals surface area contributed by atoms with Gasteiger partial charge in [-0.1, -0.05) is 27.2 Å². The van der Waals surface area contributed by atoms with Crippen molar-refractivity contribution < 1.29 is 4.74 Å². The Kier molecular flexibility index (Phi) is 12.3. The number of ether oxygens (including phenoxy) is 1. The molecule has 0 aliphatic rings. The van der Waals surface area contributed by atoms with Crippen LogP contribution in [0, 0.1) is 5.92 Å². The molecule has 0 saturated heterocycles. The number of nitrogens with zero attached hydrogens (tertiary/aromatic N) is 1. The molecule has 0 spiro atoms. The molecule has 0 aromatic rings. The molecule has 104 valence electrons. The maximum atomic E-state index is 5.10. The molecule has 0 saturated carbocycles. The van der Waals surface area contributed by atoms with Crippen molar-refractivity contribution in [1.29, 1.82) is 0 Å². The van der Waals surface area contributed by atoms with Crippen LogP contribution in [0.1, 0.15) is 40.0 Å². The van der Waals surface area contributed by atoms with Gasteiger partial charge in [0.1, 0.15) is 0 Å². The lowest BCUT2D eigenvalue weighted by molar-refractivity contribution is 0.149. The summed E-state index contributed by atoms with van der Waals surface area (Å²) in [7, 11) is 1.77. The van der Waals surface area contributed by atoms with E-state index in [9.17, 15) is 0 Å². The standard InChI is InChI=1S/C14H32N2O/c1-5-16(11-12-17-4)10-8-6-7-9-15-13-14(2)3/h14-15H,5-13H2,1-4H3. The second-order valence-corrected chi connectivity index (χ2v) is 5.09. The van der Waals surface area contributed by atoms with Crippen LogP contribution in [0.25, 0.3) is 0 Å². The zero-order chi connectivity index (χ0) is 12.9. The third-order valence-electron chi connectivity index (χ3n) is 2.94. The molecule has 3 heteroatoms. The zero-order valence-electron chi connectivity index (χ0n) is 12.3. The van der Waals surface area contributed by atoms with Crippen LogP contribution in [0.15, 0.2) is 0 Å². The quantitative estimate of drug-likeness (QED) is 0.533. The van der Waals surface area contributed by atoms with E-state index in [1.165, 1.54) is 32.4 Å². The van der Waals surface area contributed by atoms with Crippen molar-refractivity contribution in [3.05, 3.63) is 0 Å². The van der Waals surface area contributed by atoms with E-state index in [4.69, 9.17) is 4.74 Å². The first-order valence-corrected chi connectivity index (χ1v) is 7.12. The molecule has 0 aromatic carbocycles. The van der Waals surface area contributed by atoms with E-state index in [0.717, 1.165) is 32.2 Å². The average Bonchev–Trinajstić information content (AvgIpc) is 2.31. The van der Waals surface area contributed by atoms with E-state index in [1.54, 1.807) is 7.11 Å². The third kappa shape index (κ3) is 12.1. The zero-order valence-corrected chi connectivity index (χ0v) is 12.3. The van der Waals surface area contributed by atoms with Crippen LogP contribution in [0.5, 0.6) is 0 Å². The van der Waals surface area contributed by atoms with E-state index in [2.05, 4.69) is 31.0 Å². The minimum absolute atomic E-state index is 0.764. The van der Waals surface area contributed by atoms with Crippen LogP contribution in [-0.2, 0) is 4.74 Å². The maximum Gasteiger partial charge on any atom is 0.0589 e. The fraction of sp³-hybridized carbons (Fsp3) is 1.00. The predicted octanol–water partition coefficient (Wildman–Crippen LogP) is 2.37. The smallest absolute Gasteiger partial charge is 0.0589 e. The van der Waals surface area contributed by atoms with Crippen molar-refractivity contribution in [1.82, 2.24) is 10.2 Å². The number of hydrogen-bond donors (Lipinski definition) is 1. The number of methoxy groups -OCH3 is 1. The highest BCUT2D eigenvalue weighted by Crippen LogP contribution is 1.98. The van der Waals surface area contributed by atoms with Crippen LogP contribution in [-0.4, -0.2) is 51.3 Å². The number of likely N-dealkylation sites (N-methyl/N-ethyl adjacent to an activating group) is 1. The lowest BCUT2D eigenvalue weighted by atomic mass is 10.2. The SMILES string of the molecule is CCN(CCCCCNCC(C)C)CCOC. The fourth-order valence-electron chi connectivity index (χ4n) is 1.80. The van der Waals surface area contributed by atoms with Gasteiger partial charge in [-0.05, 0) is 44.9 Å². The lowest BCUT2D eigenvalue weighted by Gasteiger charge is -2.19. The molecule has 0 bridgehead atoms. The van der Waals surface area contributed by atoms with Gasteiger partial charge in [-0.3, -0.25) is 0 Å². The van der Waals surface area contributed by atoms with Crippen molar-refractivity contribution in [3.63, 3.8) is 0 Å². The Hall–Kier alpha value is -0.120. The van der Waals surface area contributed by atoms with E-state index < -0.39 is 0 Å². The Bertz CT molecular complexity index is 151. The van der Waals surface area contributed by atoms with Crippen LogP contribution in [0.2, 0.25) is 0 Å². The van der Waals surface area contributed by atoms with Gasteiger partial charge in [0.05, 0.1) is 6.61 Å². The highest BCUT2D eigenvalue weighted by atomic mass is 16.5. The second-order valence-electron chi connectivity index (χ2n) is 5.09. The topological polar surface area (TPSA) is 24.5 Å². The third-order valence-corrected chi connectivity index (χ3v) is 2.94. The van der Waals surface area contributed by atoms with Crippen molar-refractivity contribution in [3.8, 4) is 0 Å². The van der Waals surface area contributed by atoms with E-state index >= 15 is 0 Å². The van der Waals surface area contributed by atoms with Gasteiger partial charge in [0.2, 0.25) is 0 Å². The molecule has 0 heterocycles. The highest BCUT2D eigenvalue weighted by Gasteiger charge is 2.01. The molecule has 0 rings (SSSR count). The Morgan fingerprint density at radius 1 is 1.12 bits per heavy atom. The first kappa shape index (κ1) is 16.9. The van der Waals surface area contributed by atoms with Gasteiger partial charge in [0.15, 0.2) is 0 Å². The Morgan fingerprint density at radius 2 is 1.88 bits per heavy atom. The minimum atomic E-state index is 0.764. The molecule has 0 amide bonds. The van der Waals surface area contributed by atoms with Crippen molar-refractivity contribution in [2.24, 2.45) is 5.92 Å². The summed E-state index contributed by atoms with van der Waals surface area (Å²) in [4.78, 5) is 2.46. The lowest BCUT2D eigenvalue weighted by Crippen LogP contribution is -2.28. The summed E-state index contributed by atoms with van der Waals surface area (Å²) in [5.41, 5.74) is 0. The van der Waals surface area contributed by atoms with Gasteiger partial charge in [0.25, 0.3) is 0 Å². The molecule has 17 heavy (non-hydrogen) atoms. The van der Waals surface area contributed by atoms with Crippen molar-refractivity contribution in [2.45, 2.75) is 40.0 Å². The highest BCUT2D eigenvalue weighted by molar-refractivity contribution is 4.57. The average molecular weight is 244 g/mol. The van der Waals surface area contributed by atoms with Gasteiger partial charge >= 0.3 is 0 Å². The summed E-state index contributed by atoms with van der Waals surface area (Å²) in [6.07, 6.45) is 3.93. The van der Waals surface area contributed by atoms with E-state index in [-0.39, 0.29) is 0 Å². The molecule has 0 fully saturated rings. The summed E-state index contributed by atoms with van der Waals surface area (Å²) >= 11 is 0. The Balaban J connectivity index is 3.24. The Morgan fingerprint density at radius 3 is 2.47 bits per heavy atom. The maximum absolute atomic E-state index is 5.10. The monoisotopic (exact) mass is 244 g/mol. The number of nitrogens with one attached hydrogen (secondary N) is 1. The minimum Gasteiger partial charge on any atom is -0.383 e. The van der Waals surface area contributed by atoms with Crippen molar-refractivity contribution >= 4 is 0 Å². The summed E-state index contributed by atoms with van der Waals surface area (Å²) in [6.45, 7) is 13.3. The van der Waals surface area contributed by atoms with Crippen LogP contribution in [0.4, 0.5) is 0 Å². The molecule has 0 radical (unpaired) electrons. The second kappa shape index (κ2) is 12.3. The number of unbranched alkanes of at least 4 members (excludes halogenated alkanes) is 2. The van der Waals surface area contributed by atoms with Gasteiger partial charge in [-0.2, -0.15) is 0 Å². The summed E-state index contributed by atoms with van der Waals surface area (Å²) in [6, 6.07) is 0. The van der Waals surface area contributed by atoms with Gasteiger partial charge < -0.3 is 15.0 Å². The molecule has 0 aliphatic carbocycles.